The minimum Gasteiger partial charge on any atom is -0.382 e. The molecule has 0 bridgehead atoms. The third-order valence-electron chi connectivity index (χ3n) is 4.26. The Balaban J connectivity index is 1.75. The maximum absolute atomic E-state index is 13.6. The first kappa shape index (κ1) is 17.6. The first-order valence-electron chi connectivity index (χ1n) is 8.53. The van der Waals surface area contributed by atoms with Gasteiger partial charge >= 0.3 is 0 Å². The van der Waals surface area contributed by atoms with E-state index in [1.54, 1.807) is 35.9 Å². The van der Waals surface area contributed by atoms with E-state index in [1.807, 2.05) is 18.2 Å². The smallest absolute Gasteiger partial charge is 0.209 e. The molecule has 1 atom stereocenters. The third kappa shape index (κ3) is 3.29. The molecule has 0 spiro atoms. The van der Waals surface area contributed by atoms with Gasteiger partial charge < -0.3 is 15.4 Å². The predicted octanol–water partition coefficient (Wildman–Crippen LogP) is 2.84. The Morgan fingerprint density at radius 1 is 1.07 bits per heavy atom. The fraction of sp³-hybridized carbons (Fsp3) is 0.0952. The van der Waals surface area contributed by atoms with Gasteiger partial charge in [0.15, 0.2) is 17.0 Å². The van der Waals surface area contributed by atoms with Crippen LogP contribution in [0.25, 0.3) is 22.6 Å². The average molecular weight is 373 g/mol. The summed E-state index contributed by atoms with van der Waals surface area (Å²) < 4.78 is 15.3. The van der Waals surface area contributed by atoms with E-state index >= 15 is 0 Å². The van der Waals surface area contributed by atoms with Crippen molar-refractivity contribution in [3.8, 4) is 23.2 Å². The maximum atomic E-state index is 13.6. The van der Waals surface area contributed by atoms with Crippen molar-refractivity contribution in [2.24, 2.45) is 7.05 Å². The molecule has 0 amide bonds. The van der Waals surface area contributed by atoms with Crippen LogP contribution in [0, 0.1) is 17.7 Å². The zero-order valence-electron chi connectivity index (χ0n) is 15.0. The molecule has 7 heteroatoms. The van der Waals surface area contributed by atoms with Crippen molar-refractivity contribution in [1.82, 2.24) is 19.5 Å². The van der Waals surface area contributed by atoms with Crippen LogP contribution >= 0.6 is 0 Å². The van der Waals surface area contributed by atoms with Gasteiger partial charge in [-0.1, -0.05) is 48.4 Å². The van der Waals surface area contributed by atoms with E-state index < -0.39 is 6.10 Å². The van der Waals surface area contributed by atoms with Crippen LogP contribution in [-0.4, -0.2) is 24.6 Å². The van der Waals surface area contributed by atoms with Crippen molar-refractivity contribution in [2.75, 3.05) is 5.73 Å². The number of benzene rings is 2. The first-order chi connectivity index (χ1) is 13.5. The maximum Gasteiger partial charge on any atom is 0.209 e. The molecule has 4 rings (SSSR count). The van der Waals surface area contributed by atoms with E-state index in [9.17, 15) is 9.50 Å². The van der Waals surface area contributed by atoms with Gasteiger partial charge in [0.05, 0.1) is 0 Å². The van der Waals surface area contributed by atoms with Crippen LogP contribution < -0.4 is 5.73 Å². The Hall–Kier alpha value is -3.76. The Bertz CT molecular complexity index is 1220. The van der Waals surface area contributed by atoms with Gasteiger partial charge in [0.25, 0.3) is 0 Å². The number of fused-ring (bicyclic) bond motifs is 1. The third-order valence-corrected chi connectivity index (χ3v) is 4.26. The highest BCUT2D eigenvalue weighted by Gasteiger charge is 2.15. The molecule has 0 fully saturated rings. The second kappa shape index (κ2) is 7.10. The van der Waals surface area contributed by atoms with Crippen LogP contribution in [0.5, 0.6) is 0 Å². The lowest BCUT2D eigenvalue weighted by molar-refractivity contribution is 0.238. The van der Waals surface area contributed by atoms with E-state index in [1.165, 1.54) is 12.1 Å². The summed E-state index contributed by atoms with van der Waals surface area (Å²) in [5, 5.41) is 10.2. The lowest BCUT2D eigenvalue weighted by Crippen LogP contribution is -2.01. The Morgan fingerprint density at radius 3 is 2.61 bits per heavy atom. The molecule has 0 radical (unpaired) electrons. The summed E-state index contributed by atoms with van der Waals surface area (Å²) in [5.41, 5.74) is 8.21. The normalized spacial score (nSPS) is 11.8. The standard InChI is InChI=1S/C21H16FN5O/c1-27-20(14-8-5-9-15(22)12-14)26-18-19(23)24-17(25-21(18)27)11-10-16(28)13-6-3-2-4-7-13/h2-9,12,16,28H,1H3,(H2,23,24,25). The topological polar surface area (TPSA) is 89.9 Å². The van der Waals surface area contributed by atoms with Crippen molar-refractivity contribution in [2.45, 2.75) is 6.10 Å². The fourth-order valence-corrected chi connectivity index (χ4v) is 2.88. The zero-order valence-corrected chi connectivity index (χ0v) is 15.0. The van der Waals surface area contributed by atoms with Gasteiger partial charge in [0.2, 0.25) is 5.82 Å². The molecule has 4 aromatic rings. The van der Waals surface area contributed by atoms with Crippen LogP contribution in [0.2, 0.25) is 0 Å². The summed E-state index contributed by atoms with van der Waals surface area (Å²) in [5.74, 6) is 5.98. The molecule has 0 saturated heterocycles. The van der Waals surface area contributed by atoms with Crippen LogP contribution in [0.3, 0.4) is 0 Å². The van der Waals surface area contributed by atoms with Crippen LogP contribution in [0.1, 0.15) is 17.5 Å². The number of anilines is 1. The van der Waals surface area contributed by atoms with Crippen molar-refractivity contribution >= 4 is 17.0 Å². The van der Waals surface area contributed by atoms with Crippen molar-refractivity contribution in [1.29, 1.82) is 0 Å². The predicted molar refractivity (Wildman–Crippen MR) is 104 cm³/mol. The highest BCUT2D eigenvalue weighted by atomic mass is 19.1. The van der Waals surface area contributed by atoms with E-state index in [2.05, 4.69) is 26.8 Å². The van der Waals surface area contributed by atoms with Gasteiger partial charge in [0, 0.05) is 12.6 Å². The SMILES string of the molecule is Cn1c(-c2cccc(F)c2)nc2c(N)nc(C#CC(O)c3ccccc3)nc21. The summed E-state index contributed by atoms with van der Waals surface area (Å²) in [7, 11) is 1.76. The van der Waals surface area contributed by atoms with E-state index in [0.717, 1.165) is 0 Å². The van der Waals surface area contributed by atoms with Gasteiger partial charge in [-0.05, 0) is 23.6 Å². The van der Waals surface area contributed by atoms with E-state index in [4.69, 9.17) is 5.73 Å². The van der Waals surface area contributed by atoms with Crippen LogP contribution in [0.4, 0.5) is 10.2 Å². The number of halogens is 1. The highest BCUT2D eigenvalue weighted by molar-refractivity contribution is 5.85. The summed E-state index contributed by atoms with van der Waals surface area (Å²) in [6.07, 6.45) is -0.962. The lowest BCUT2D eigenvalue weighted by atomic mass is 10.1. The number of aromatic nitrogens is 4. The number of aliphatic hydroxyl groups is 1. The lowest BCUT2D eigenvalue weighted by Gasteiger charge is -2.03. The molecule has 1 unspecified atom stereocenters. The Morgan fingerprint density at radius 2 is 1.86 bits per heavy atom. The highest BCUT2D eigenvalue weighted by Crippen LogP contribution is 2.25. The first-order valence-corrected chi connectivity index (χ1v) is 8.53. The quantitative estimate of drug-likeness (QED) is 0.528. The number of rotatable bonds is 2. The van der Waals surface area contributed by atoms with Gasteiger partial charge in [-0.15, -0.1) is 0 Å². The van der Waals surface area contributed by atoms with Gasteiger partial charge in [-0.2, -0.15) is 0 Å². The summed E-state index contributed by atoms with van der Waals surface area (Å²) >= 11 is 0. The summed E-state index contributed by atoms with van der Waals surface area (Å²) in [4.78, 5) is 13.0. The van der Waals surface area contributed by atoms with Gasteiger partial charge in [-0.25, -0.2) is 19.3 Å². The van der Waals surface area contributed by atoms with Crippen LogP contribution in [0.15, 0.2) is 54.6 Å². The van der Waals surface area contributed by atoms with Crippen molar-refractivity contribution < 1.29 is 9.50 Å². The van der Waals surface area contributed by atoms with Crippen molar-refractivity contribution in [3.63, 3.8) is 0 Å². The number of nitrogen functional groups attached to an aromatic ring is 1. The fourth-order valence-electron chi connectivity index (χ4n) is 2.88. The number of imidazole rings is 1. The average Bonchev–Trinajstić information content (AvgIpc) is 3.04. The van der Waals surface area contributed by atoms with Crippen LogP contribution in [-0.2, 0) is 7.05 Å². The van der Waals surface area contributed by atoms with Gasteiger partial charge in [0.1, 0.15) is 17.7 Å². The molecule has 2 heterocycles. The molecule has 138 valence electrons. The van der Waals surface area contributed by atoms with Crippen molar-refractivity contribution in [3.05, 3.63) is 71.8 Å². The second-order valence-electron chi connectivity index (χ2n) is 6.19. The number of aryl methyl sites for hydroxylation is 1. The van der Waals surface area contributed by atoms with E-state index in [0.29, 0.717) is 28.1 Å². The number of hydrogen-bond donors (Lipinski definition) is 2. The molecule has 28 heavy (non-hydrogen) atoms. The molecule has 3 N–H and O–H groups in total. The molecular formula is C21H16FN5O. The van der Waals surface area contributed by atoms with Gasteiger partial charge in [-0.3, -0.25) is 0 Å². The summed E-state index contributed by atoms with van der Waals surface area (Å²) in [6, 6.07) is 15.2. The molecule has 6 nitrogen and oxygen atoms in total. The molecule has 0 aliphatic rings. The van der Waals surface area contributed by atoms with E-state index in [-0.39, 0.29) is 17.5 Å². The number of nitrogens with two attached hydrogens (primary N) is 1. The zero-order chi connectivity index (χ0) is 19.7. The molecular weight excluding hydrogens is 357 g/mol. The Kier molecular flexibility index (Phi) is 4.47. The minimum absolute atomic E-state index is 0.168. The minimum atomic E-state index is -0.962. The monoisotopic (exact) mass is 373 g/mol. The molecule has 2 aromatic heterocycles. The number of nitrogens with zero attached hydrogens (tertiary/aromatic N) is 4. The Labute approximate surface area is 160 Å². The molecule has 2 aromatic carbocycles. The largest absolute Gasteiger partial charge is 0.382 e. The molecule has 0 saturated carbocycles. The number of aliphatic hydroxyl groups excluding tert-OH is 1. The summed E-state index contributed by atoms with van der Waals surface area (Å²) in [6.45, 7) is 0. The number of hydrogen-bond acceptors (Lipinski definition) is 5. The molecule has 0 aliphatic heterocycles. The second-order valence-corrected chi connectivity index (χ2v) is 6.19. The molecule has 0 aliphatic carbocycles.